The average Bonchev–Trinajstić information content (AvgIpc) is 2.39. The van der Waals surface area contributed by atoms with E-state index in [0.717, 1.165) is 31.2 Å². The summed E-state index contributed by atoms with van der Waals surface area (Å²) in [6.45, 7) is 10.9. The van der Waals surface area contributed by atoms with Gasteiger partial charge in [0.25, 0.3) is 0 Å². The minimum Gasteiger partial charge on any atom is -0.490 e. The third-order valence-electron chi connectivity index (χ3n) is 4.08. The first-order valence-electron chi connectivity index (χ1n) is 7.54. The molecule has 0 aliphatic carbocycles. The molecule has 0 atom stereocenters. The van der Waals surface area contributed by atoms with E-state index in [0.29, 0.717) is 0 Å². The van der Waals surface area contributed by atoms with Crippen molar-refractivity contribution < 1.29 is 4.74 Å². The van der Waals surface area contributed by atoms with Gasteiger partial charge >= 0.3 is 0 Å². The van der Waals surface area contributed by atoms with Gasteiger partial charge in [0.15, 0.2) is 0 Å². The summed E-state index contributed by atoms with van der Waals surface area (Å²) in [5.74, 6) is 1.94. The highest BCUT2D eigenvalue weighted by atomic mass is 16.5. The number of benzene rings is 1. The predicted octanol–water partition coefficient (Wildman–Crippen LogP) is 3.63. The van der Waals surface area contributed by atoms with Crippen LogP contribution < -0.4 is 10.1 Å². The largest absolute Gasteiger partial charge is 0.490 e. The third kappa shape index (κ3) is 3.73. The summed E-state index contributed by atoms with van der Waals surface area (Å²) in [6, 6.07) is 4.50. The van der Waals surface area contributed by atoms with E-state index in [1.54, 1.807) is 0 Å². The van der Waals surface area contributed by atoms with Crippen LogP contribution >= 0.6 is 0 Å². The minimum absolute atomic E-state index is 0.243. The van der Waals surface area contributed by atoms with E-state index in [1.165, 1.54) is 29.5 Å². The van der Waals surface area contributed by atoms with Gasteiger partial charge in [-0.2, -0.15) is 0 Å². The van der Waals surface area contributed by atoms with Crippen molar-refractivity contribution in [3.8, 4) is 5.75 Å². The van der Waals surface area contributed by atoms with Gasteiger partial charge in [0, 0.05) is 0 Å². The molecule has 1 aliphatic rings. The molecule has 2 rings (SSSR count). The van der Waals surface area contributed by atoms with E-state index >= 15 is 0 Å². The Hall–Kier alpha value is -1.02. The second-order valence-corrected chi connectivity index (χ2v) is 6.06. The maximum absolute atomic E-state index is 6.08. The van der Waals surface area contributed by atoms with Crippen molar-refractivity contribution in [3.05, 3.63) is 28.8 Å². The lowest BCUT2D eigenvalue weighted by Gasteiger charge is -2.25. The fraction of sp³-hybridized carbons (Fsp3) is 0.647. The molecule has 2 heteroatoms. The molecule has 1 saturated heterocycles. The Morgan fingerprint density at radius 2 is 1.89 bits per heavy atom. The van der Waals surface area contributed by atoms with Crippen LogP contribution in [0.2, 0.25) is 0 Å². The number of ether oxygens (including phenoxy) is 1. The quantitative estimate of drug-likeness (QED) is 0.893. The zero-order valence-electron chi connectivity index (χ0n) is 12.8. The van der Waals surface area contributed by atoms with Crippen LogP contribution in [0.3, 0.4) is 0 Å². The lowest BCUT2D eigenvalue weighted by molar-refractivity contribution is 0.236. The maximum Gasteiger partial charge on any atom is 0.126 e. The summed E-state index contributed by atoms with van der Waals surface area (Å²) >= 11 is 0. The number of aryl methyl sites for hydroxylation is 1. The van der Waals surface area contributed by atoms with Gasteiger partial charge in [0.05, 0.1) is 6.10 Å². The van der Waals surface area contributed by atoms with Crippen molar-refractivity contribution in [2.75, 3.05) is 13.1 Å². The van der Waals surface area contributed by atoms with Crippen LogP contribution in [0.15, 0.2) is 12.1 Å². The molecule has 0 saturated carbocycles. The molecule has 0 amide bonds. The molecule has 2 nitrogen and oxygen atoms in total. The van der Waals surface area contributed by atoms with Gasteiger partial charge in [-0.1, -0.05) is 12.1 Å². The van der Waals surface area contributed by atoms with E-state index in [4.69, 9.17) is 4.74 Å². The highest BCUT2D eigenvalue weighted by Gasteiger charge is 2.18. The van der Waals surface area contributed by atoms with Gasteiger partial charge < -0.3 is 10.1 Å². The molecule has 1 aromatic carbocycles. The van der Waals surface area contributed by atoms with Crippen molar-refractivity contribution in [1.29, 1.82) is 0 Å². The summed E-state index contributed by atoms with van der Waals surface area (Å²) in [6.07, 6.45) is 3.97. The first-order chi connectivity index (χ1) is 9.08. The Bertz CT molecular complexity index is 420. The Balaban J connectivity index is 2.20. The molecular weight excluding hydrogens is 234 g/mol. The van der Waals surface area contributed by atoms with Crippen molar-refractivity contribution in [3.63, 3.8) is 0 Å². The molecule has 0 spiro atoms. The minimum atomic E-state index is 0.243. The summed E-state index contributed by atoms with van der Waals surface area (Å²) < 4.78 is 6.08. The zero-order chi connectivity index (χ0) is 13.8. The second kappa shape index (κ2) is 6.42. The van der Waals surface area contributed by atoms with E-state index in [9.17, 15) is 0 Å². The maximum atomic E-state index is 6.08. The van der Waals surface area contributed by atoms with Crippen molar-refractivity contribution in [2.45, 2.75) is 53.1 Å². The number of rotatable bonds is 4. The summed E-state index contributed by atoms with van der Waals surface area (Å²) in [4.78, 5) is 0. The van der Waals surface area contributed by atoms with E-state index in [1.807, 2.05) is 0 Å². The van der Waals surface area contributed by atoms with Gasteiger partial charge in [-0.05, 0) is 82.7 Å². The fourth-order valence-electron chi connectivity index (χ4n) is 2.80. The Morgan fingerprint density at radius 3 is 2.53 bits per heavy atom. The van der Waals surface area contributed by atoms with Crippen molar-refractivity contribution in [1.82, 2.24) is 5.32 Å². The highest BCUT2D eigenvalue weighted by Crippen LogP contribution is 2.31. The zero-order valence-corrected chi connectivity index (χ0v) is 12.8. The molecule has 1 N–H and O–H groups in total. The molecule has 1 aliphatic heterocycles. The van der Waals surface area contributed by atoms with Gasteiger partial charge in [0.1, 0.15) is 5.75 Å². The number of nitrogens with one attached hydrogen (secondary N) is 1. The van der Waals surface area contributed by atoms with Gasteiger partial charge in [-0.15, -0.1) is 0 Å². The topological polar surface area (TPSA) is 21.3 Å². The van der Waals surface area contributed by atoms with Crippen LogP contribution in [0.1, 0.15) is 43.4 Å². The molecule has 0 radical (unpaired) electrons. The van der Waals surface area contributed by atoms with Crippen LogP contribution in [0, 0.1) is 19.8 Å². The SMILES string of the molecule is Cc1ccc(CC2CCNCC2)c(OC(C)C)c1C. The second-order valence-electron chi connectivity index (χ2n) is 6.06. The molecule has 1 aromatic rings. The smallest absolute Gasteiger partial charge is 0.126 e. The first-order valence-corrected chi connectivity index (χ1v) is 7.54. The monoisotopic (exact) mass is 261 g/mol. The Morgan fingerprint density at radius 1 is 1.21 bits per heavy atom. The van der Waals surface area contributed by atoms with Crippen LogP contribution in [0.25, 0.3) is 0 Å². The molecule has 106 valence electrons. The summed E-state index contributed by atoms with van der Waals surface area (Å²) in [5, 5.41) is 3.44. The van der Waals surface area contributed by atoms with Crippen LogP contribution in [0.5, 0.6) is 5.75 Å². The Kier molecular flexibility index (Phi) is 4.87. The lowest BCUT2D eigenvalue weighted by Crippen LogP contribution is -2.28. The molecule has 1 heterocycles. The van der Waals surface area contributed by atoms with Gasteiger partial charge in [-0.25, -0.2) is 0 Å². The number of piperidine rings is 1. The number of hydrogen-bond acceptors (Lipinski definition) is 2. The standard InChI is InChI=1S/C17H27NO/c1-12(2)19-17-14(4)13(3)5-6-16(17)11-15-7-9-18-10-8-15/h5-6,12,15,18H,7-11H2,1-4H3. The normalized spacial score (nSPS) is 16.9. The van der Waals surface area contributed by atoms with Crippen molar-refractivity contribution >= 4 is 0 Å². The molecule has 0 unspecified atom stereocenters. The van der Waals surface area contributed by atoms with Crippen LogP contribution in [-0.2, 0) is 6.42 Å². The highest BCUT2D eigenvalue weighted by molar-refractivity contribution is 5.45. The molecular formula is C17H27NO. The summed E-state index contributed by atoms with van der Waals surface area (Å²) in [5.41, 5.74) is 4.02. The van der Waals surface area contributed by atoms with E-state index in [-0.39, 0.29) is 6.10 Å². The van der Waals surface area contributed by atoms with Crippen LogP contribution in [0.4, 0.5) is 0 Å². The fourth-order valence-corrected chi connectivity index (χ4v) is 2.80. The third-order valence-corrected chi connectivity index (χ3v) is 4.08. The van der Waals surface area contributed by atoms with Crippen molar-refractivity contribution in [2.24, 2.45) is 5.92 Å². The molecule has 19 heavy (non-hydrogen) atoms. The molecule has 0 aromatic heterocycles. The lowest BCUT2D eigenvalue weighted by atomic mass is 9.89. The van der Waals surface area contributed by atoms with E-state index < -0.39 is 0 Å². The Labute approximate surface area is 117 Å². The molecule has 1 fully saturated rings. The van der Waals surface area contributed by atoms with Gasteiger partial charge in [-0.3, -0.25) is 0 Å². The first kappa shape index (κ1) is 14.4. The average molecular weight is 261 g/mol. The van der Waals surface area contributed by atoms with Gasteiger partial charge in [0.2, 0.25) is 0 Å². The van der Waals surface area contributed by atoms with E-state index in [2.05, 4.69) is 45.1 Å². The number of hydrogen-bond donors (Lipinski definition) is 1. The van der Waals surface area contributed by atoms with Crippen LogP contribution in [-0.4, -0.2) is 19.2 Å². The molecule has 0 bridgehead atoms. The predicted molar refractivity (Wildman–Crippen MR) is 81.0 cm³/mol. The summed E-state index contributed by atoms with van der Waals surface area (Å²) in [7, 11) is 0.